The van der Waals surface area contributed by atoms with Gasteiger partial charge < -0.3 is 24.5 Å². The second kappa shape index (κ2) is 15.1. The number of nitrogens with zero attached hydrogens (tertiary/aromatic N) is 4. The molecular formula is C36H37ClF6N4O5S. The number of amides is 3. The van der Waals surface area contributed by atoms with Crippen molar-refractivity contribution in [3.05, 3.63) is 80.3 Å². The Labute approximate surface area is 310 Å². The van der Waals surface area contributed by atoms with Crippen LogP contribution >= 0.6 is 22.9 Å². The number of likely N-dealkylation sites (tertiary alicyclic amines) is 2. The molecule has 3 aliphatic rings. The standard InChI is InChI=1S/C36H37ClF6N4O5S/c1-2-6-28-34(52-25-17-29(53-20-25)36(41,42)43,11-5-14-46(28)32(50)30-26(35(38,39)40)8-3-12-44-30)33(51)47-18-21-9-10-23(37)15-22(21)16-27(47)31(49)45-13-4-7-24(48)19-45/h3,8-10,12,15,17,20,24,27-28,48H,2,4-7,11,13-14,16,18-19H2,1H3/t24-,27-,28-,34-/m1/s1. The van der Waals surface area contributed by atoms with E-state index in [1.54, 1.807) is 25.1 Å². The Bertz CT molecular complexity index is 1860. The first kappa shape index (κ1) is 38.8. The van der Waals surface area contributed by atoms with Gasteiger partial charge in [-0.05, 0) is 61.1 Å². The number of alkyl halides is 6. The highest BCUT2D eigenvalue weighted by molar-refractivity contribution is 7.10. The van der Waals surface area contributed by atoms with E-state index in [1.165, 1.54) is 9.80 Å². The van der Waals surface area contributed by atoms with E-state index >= 15 is 4.79 Å². The Kier molecular flexibility index (Phi) is 11.1. The van der Waals surface area contributed by atoms with E-state index in [1.807, 2.05) is 0 Å². The molecule has 1 N–H and O–H groups in total. The van der Waals surface area contributed by atoms with E-state index in [0.29, 0.717) is 53.3 Å². The molecule has 1 aromatic carbocycles. The number of pyridine rings is 1. The van der Waals surface area contributed by atoms with Crippen molar-refractivity contribution in [1.29, 1.82) is 0 Å². The number of carbonyl (C=O) groups excluding carboxylic acids is 3. The molecule has 0 spiro atoms. The van der Waals surface area contributed by atoms with Gasteiger partial charge in [-0.1, -0.05) is 31.0 Å². The van der Waals surface area contributed by atoms with Crippen molar-refractivity contribution in [2.75, 3.05) is 19.6 Å². The number of aliphatic hydroxyl groups excluding tert-OH is 1. The number of fused-ring (bicyclic) bond motifs is 1. The summed E-state index contributed by atoms with van der Waals surface area (Å²) in [6, 6.07) is 5.08. The third-order valence-corrected chi connectivity index (χ3v) is 11.3. The summed E-state index contributed by atoms with van der Waals surface area (Å²) in [7, 11) is 0. The number of thiophene rings is 1. The van der Waals surface area contributed by atoms with E-state index in [2.05, 4.69) is 4.98 Å². The van der Waals surface area contributed by atoms with Crippen molar-refractivity contribution in [3.8, 4) is 5.75 Å². The van der Waals surface area contributed by atoms with Crippen LogP contribution in [0.5, 0.6) is 5.75 Å². The number of aromatic nitrogens is 1. The highest BCUT2D eigenvalue weighted by Gasteiger charge is 2.58. The fourth-order valence-corrected chi connectivity index (χ4v) is 8.54. The van der Waals surface area contributed by atoms with Crippen LogP contribution in [0.15, 0.2) is 48.0 Å². The van der Waals surface area contributed by atoms with Crippen LogP contribution in [0.3, 0.4) is 0 Å². The average Bonchev–Trinajstić information content (AvgIpc) is 3.60. The second-order valence-corrected chi connectivity index (χ2v) is 14.9. The van der Waals surface area contributed by atoms with Crippen LogP contribution in [-0.2, 0) is 34.9 Å². The number of hydrogen-bond acceptors (Lipinski definition) is 7. The zero-order valence-electron chi connectivity index (χ0n) is 28.6. The van der Waals surface area contributed by atoms with Gasteiger partial charge in [0.2, 0.25) is 11.5 Å². The number of β-amino-alcohol motifs (C(OH)–C–C–N with tert-alkyl or cyclic N) is 1. The quantitative estimate of drug-likeness (QED) is 0.259. The maximum Gasteiger partial charge on any atom is 0.425 e. The number of hydrogen-bond donors (Lipinski definition) is 1. The first-order valence-corrected chi connectivity index (χ1v) is 18.5. The fraction of sp³-hybridized carbons (Fsp3) is 0.500. The first-order chi connectivity index (χ1) is 25.0. The van der Waals surface area contributed by atoms with E-state index in [4.69, 9.17) is 16.3 Å². The highest BCUT2D eigenvalue weighted by Crippen LogP contribution is 2.44. The zero-order chi connectivity index (χ0) is 38.3. The molecule has 3 aliphatic heterocycles. The van der Waals surface area contributed by atoms with Gasteiger partial charge in [-0.15, -0.1) is 11.3 Å². The van der Waals surface area contributed by atoms with Crippen LogP contribution < -0.4 is 4.74 Å². The van der Waals surface area contributed by atoms with E-state index in [-0.39, 0.29) is 51.1 Å². The topological polar surface area (TPSA) is 103 Å². The summed E-state index contributed by atoms with van der Waals surface area (Å²) >= 11 is 6.65. The lowest BCUT2D eigenvalue weighted by Crippen LogP contribution is -2.70. The Hall–Kier alpha value is -3.89. The van der Waals surface area contributed by atoms with Gasteiger partial charge in [-0.2, -0.15) is 26.3 Å². The molecule has 0 radical (unpaired) electrons. The van der Waals surface area contributed by atoms with Gasteiger partial charge in [0.1, 0.15) is 22.4 Å². The van der Waals surface area contributed by atoms with E-state index in [0.717, 1.165) is 34.7 Å². The number of aliphatic hydroxyl groups is 1. The van der Waals surface area contributed by atoms with Crippen LogP contribution in [-0.4, -0.2) is 85.9 Å². The van der Waals surface area contributed by atoms with Crippen LogP contribution in [0.1, 0.15) is 77.5 Å². The monoisotopic (exact) mass is 786 g/mol. The summed E-state index contributed by atoms with van der Waals surface area (Å²) in [5, 5.41) is 11.9. The summed E-state index contributed by atoms with van der Waals surface area (Å²) in [5.74, 6) is -2.70. The Morgan fingerprint density at radius 2 is 1.81 bits per heavy atom. The summed E-state index contributed by atoms with van der Waals surface area (Å²) in [4.78, 5) is 50.6. The van der Waals surface area contributed by atoms with Gasteiger partial charge in [0.05, 0.1) is 17.7 Å². The van der Waals surface area contributed by atoms with Gasteiger partial charge in [0.15, 0.2) is 0 Å². The van der Waals surface area contributed by atoms with Crippen molar-refractivity contribution in [2.45, 2.75) is 94.6 Å². The maximum absolute atomic E-state index is 15.4. The number of benzene rings is 1. The molecule has 5 heterocycles. The van der Waals surface area contributed by atoms with Gasteiger partial charge in [0, 0.05) is 61.7 Å². The summed E-state index contributed by atoms with van der Waals surface area (Å²) in [6.07, 6.45) is -8.17. The highest BCUT2D eigenvalue weighted by atomic mass is 35.5. The average molecular weight is 787 g/mol. The van der Waals surface area contributed by atoms with Crippen molar-refractivity contribution < 1.29 is 50.6 Å². The second-order valence-electron chi connectivity index (χ2n) is 13.6. The third-order valence-electron chi connectivity index (χ3n) is 10.1. The van der Waals surface area contributed by atoms with Crippen molar-refractivity contribution >= 4 is 40.7 Å². The van der Waals surface area contributed by atoms with Gasteiger partial charge in [-0.3, -0.25) is 19.4 Å². The lowest BCUT2D eigenvalue weighted by atomic mass is 9.78. The number of halogens is 7. The minimum Gasteiger partial charge on any atom is -0.474 e. The molecule has 2 saturated heterocycles. The Balaban J connectivity index is 1.48. The molecule has 286 valence electrons. The molecule has 2 fully saturated rings. The molecule has 53 heavy (non-hydrogen) atoms. The van der Waals surface area contributed by atoms with Gasteiger partial charge in [-0.25, -0.2) is 0 Å². The maximum atomic E-state index is 15.4. The number of carbonyl (C=O) groups is 3. The SMILES string of the molecule is CCC[C@H]1N(C(=O)c2ncccc2C(F)(F)F)CCC[C@]1(Oc1csc(C(F)(F)F)c1)C(=O)N1Cc2ccc(Cl)cc2C[C@@H]1C(=O)N1CCC[C@@H](O)C1. The lowest BCUT2D eigenvalue weighted by Gasteiger charge is -2.51. The Morgan fingerprint density at radius 1 is 1.04 bits per heavy atom. The first-order valence-electron chi connectivity index (χ1n) is 17.3. The summed E-state index contributed by atoms with van der Waals surface area (Å²) < 4.78 is 90.1. The number of ether oxygens (including phenoxy) is 1. The number of piperidine rings is 2. The molecule has 9 nitrogen and oxygen atoms in total. The number of rotatable bonds is 7. The summed E-state index contributed by atoms with van der Waals surface area (Å²) in [5.41, 5.74) is -2.96. The van der Waals surface area contributed by atoms with E-state index in [9.17, 15) is 41.0 Å². The Morgan fingerprint density at radius 3 is 2.49 bits per heavy atom. The molecular weight excluding hydrogens is 750 g/mol. The van der Waals surface area contributed by atoms with Crippen molar-refractivity contribution in [1.82, 2.24) is 19.7 Å². The minimum absolute atomic E-state index is 0.0128. The lowest BCUT2D eigenvalue weighted by molar-refractivity contribution is -0.167. The van der Waals surface area contributed by atoms with Gasteiger partial charge >= 0.3 is 12.4 Å². The summed E-state index contributed by atoms with van der Waals surface area (Å²) in [6.45, 7) is 1.85. The minimum atomic E-state index is -4.94. The van der Waals surface area contributed by atoms with Gasteiger partial charge in [0.25, 0.3) is 11.8 Å². The molecule has 3 amide bonds. The van der Waals surface area contributed by atoms with Crippen LogP contribution in [0.25, 0.3) is 0 Å². The molecule has 0 bridgehead atoms. The molecule has 2 aromatic heterocycles. The molecule has 4 atom stereocenters. The van der Waals surface area contributed by atoms with E-state index < -0.39 is 70.0 Å². The molecule has 0 aliphatic carbocycles. The van der Waals surface area contributed by atoms with Crippen LogP contribution in [0, 0.1) is 0 Å². The predicted octanol–water partition coefficient (Wildman–Crippen LogP) is 6.99. The predicted molar refractivity (Wildman–Crippen MR) is 182 cm³/mol. The molecule has 0 unspecified atom stereocenters. The van der Waals surface area contributed by atoms with Crippen molar-refractivity contribution in [3.63, 3.8) is 0 Å². The van der Waals surface area contributed by atoms with Crippen LogP contribution in [0.2, 0.25) is 5.02 Å². The zero-order valence-corrected chi connectivity index (χ0v) is 30.1. The van der Waals surface area contributed by atoms with Crippen LogP contribution in [0.4, 0.5) is 26.3 Å². The third kappa shape index (κ3) is 7.86. The fourth-order valence-electron chi connectivity index (χ4n) is 7.67. The molecule has 6 rings (SSSR count). The molecule has 3 aromatic rings. The normalized spacial score (nSPS) is 23.8. The largest absolute Gasteiger partial charge is 0.474 e. The molecule has 17 heteroatoms. The molecule has 0 saturated carbocycles. The van der Waals surface area contributed by atoms with Crippen molar-refractivity contribution in [2.24, 2.45) is 0 Å². The smallest absolute Gasteiger partial charge is 0.425 e.